The number of halogens is 1. The summed E-state index contributed by atoms with van der Waals surface area (Å²) in [6.07, 6.45) is 0.201. The summed E-state index contributed by atoms with van der Waals surface area (Å²) in [6.45, 7) is 3.95. The van der Waals surface area contributed by atoms with Gasteiger partial charge in [-0.3, -0.25) is 4.90 Å². The van der Waals surface area contributed by atoms with E-state index in [1.54, 1.807) is 12.1 Å². The Bertz CT molecular complexity index is 579. The Morgan fingerprint density at radius 2 is 2.29 bits per heavy atom. The summed E-state index contributed by atoms with van der Waals surface area (Å²) in [4.78, 5) is 2.10. The number of morpholine rings is 1. The van der Waals surface area contributed by atoms with Crippen LogP contribution in [0.25, 0.3) is 11.7 Å². The molecule has 0 aromatic carbocycles. The molecule has 0 aliphatic carbocycles. The van der Waals surface area contributed by atoms with Crippen LogP contribution in [0.1, 0.15) is 5.89 Å². The van der Waals surface area contributed by atoms with Gasteiger partial charge in [0.1, 0.15) is 0 Å². The molecule has 7 nitrogen and oxygen atoms in total. The van der Waals surface area contributed by atoms with Gasteiger partial charge in [0.15, 0.2) is 10.4 Å². The van der Waals surface area contributed by atoms with Gasteiger partial charge in [-0.2, -0.15) is 0 Å². The Hall–Kier alpha value is -1.22. The largest absolute Gasteiger partial charge is 0.444 e. The number of likely N-dealkylation sites (N-methyl/N-ethyl adjacent to an activating group) is 1. The zero-order valence-corrected chi connectivity index (χ0v) is 13.3. The van der Waals surface area contributed by atoms with E-state index in [9.17, 15) is 0 Å². The number of furan rings is 1. The van der Waals surface area contributed by atoms with Crippen LogP contribution >= 0.6 is 15.9 Å². The van der Waals surface area contributed by atoms with Gasteiger partial charge in [-0.15, -0.1) is 10.2 Å². The minimum absolute atomic E-state index is 0.201. The summed E-state index contributed by atoms with van der Waals surface area (Å²) in [5.41, 5.74) is 0. The minimum Gasteiger partial charge on any atom is -0.444 e. The van der Waals surface area contributed by atoms with E-state index >= 15 is 0 Å². The monoisotopic (exact) mass is 356 g/mol. The van der Waals surface area contributed by atoms with Crippen molar-refractivity contribution in [1.82, 2.24) is 20.4 Å². The van der Waals surface area contributed by atoms with Crippen molar-refractivity contribution in [3.63, 3.8) is 0 Å². The van der Waals surface area contributed by atoms with Crippen LogP contribution in [0.4, 0.5) is 0 Å². The fourth-order valence-electron chi connectivity index (χ4n) is 2.23. The second kappa shape index (κ2) is 6.69. The highest BCUT2D eigenvalue weighted by atomic mass is 79.9. The molecule has 0 saturated carbocycles. The van der Waals surface area contributed by atoms with E-state index in [4.69, 9.17) is 13.6 Å². The highest BCUT2D eigenvalue weighted by molar-refractivity contribution is 9.10. The maximum Gasteiger partial charge on any atom is 0.283 e. The first-order chi connectivity index (χ1) is 10.2. The van der Waals surface area contributed by atoms with E-state index in [1.165, 1.54) is 0 Å². The summed E-state index contributed by atoms with van der Waals surface area (Å²) in [7, 11) is 2.01. The Balaban J connectivity index is 1.56. The van der Waals surface area contributed by atoms with Crippen LogP contribution in [0, 0.1) is 0 Å². The summed E-state index contributed by atoms with van der Waals surface area (Å²) in [6, 6.07) is 3.57. The van der Waals surface area contributed by atoms with Gasteiger partial charge >= 0.3 is 0 Å². The number of nitrogens with one attached hydrogen (secondary N) is 1. The second-order valence-corrected chi connectivity index (χ2v) is 5.78. The van der Waals surface area contributed by atoms with Crippen LogP contribution in [0.3, 0.4) is 0 Å². The maximum atomic E-state index is 5.67. The van der Waals surface area contributed by atoms with Gasteiger partial charge < -0.3 is 18.9 Å². The van der Waals surface area contributed by atoms with Gasteiger partial charge in [-0.25, -0.2) is 0 Å². The van der Waals surface area contributed by atoms with Crippen LogP contribution in [0.2, 0.25) is 0 Å². The molecule has 2 aromatic rings. The fraction of sp³-hybridized carbons (Fsp3) is 0.538. The Morgan fingerprint density at radius 3 is 3.00 bits per heavy atom. The van der Waals surface area contributed by atoms with Gasteiger partial charge in [0.2, 0.25) is 5.89 Å². The lowest BCUT2D eigenvalue weighted by molar-refractivity contribution is 0.00774. The molecule has 0 spiro atoms. The Kier molecular flexibility index (Phi) is 4.69. The molecule has 3 heterocycles. The number of hydrogen-bond donors (Lipinski definition) is 1. The molecular weight excluding hydrogens is 340 g/mol. The third-order valence-electron chi connectivity index (χ3n) is 3.18. The van der Waals surface area contributed by atoms with Crippen molar-refractivity contribution in [1.29, 1.82) is 0 Å². The number of aromatic nitrogens is 2. The lowest BCUT2D eigenvalue weighted by atomic mass is 10.3. The van der Waals surface area contributed by atoms with E-state index in [0.717, 1.165) is 26.2 Å². The van der Waals surface area contributed by atoms with Crippen LogP contribution in [0.5, 0.6) is 0 Å². The van der Waals surface area contributed by atoms with Gasteiger partial charge in [-0.1, -0.05) is 0 Å². The second-order valence-electron chi connectivity index (χ2n) is 5.00. The van der Waals surface area contributed by atoms with Crippen LogP contribution in [-0.4, -0.2) is 54.5 Å². The molecule has 114 valence electrons. The average Bonchev–Trinajstić information content (AvgIpc) is 3.09. The SMILES string of the molecule is CN(Cc1nnc(-c2ccc(Br)o2)o1)CC1CNCCO1. The van der Waals surface area contributed by atoms with Crippen molar-refractivity contribution in [2.45, 2.75) is 12.6 Å². The molecule has 2 aromatic heterocycles. The Labute approximate surface area is 130 Å². The third-order valence-corrected chi connectivity index (χ3v) is 3.60. The van der Waals surface area contributed by atoms with Gasteiger partial charge in [0, 0.05) is 19.6 Å². The molecule has 1 unspecified atom stereocenters. The van der Waals surface area contributed by atoms with E-state index in [1.807, 2.05) is 7.05 Å². The van der Waals surface area contributed by atoms with Crippen molar-refractivity contribution < 1.29 is 13.6 Å². The van der Waals surface area contributed by atoms with E-state index in [-0.39, 0.29) is 6.10 Å². The smallest absolute Gasteiger partial charge is 0.283 e. The first-order valence-electron chi connectivity index (χ1n) is 6.79. The zero-order chi connectivity index (χ0) is 14.7. The normalized spacial score (nSPS) is 19.3. The number of hydrogen-bond acceptors (Lipinski definition) is 7. The summed E-state index contributed by atoms with van der Waals surface area (Å²) >= 11 is 3.25. The van der Waals surface area contributed by atoms with Crippen LogP contribution < -0.4 is 5.32 Å². The summed E-state index contributed by atoms with van der Waals surface area (Å²) in [5.74, 6) is 1.51. The molecule has 1 atom stereocenters. The average molecular weight is 357 g/mol. The molecule has 8 heteroatoms. The number of ether oxygens (including phenoxy) is 1. The van der Waals surface area contributed by atoms with Crippen molar-refractivity contribution in [2.75, 3.05) is 33.3 Å². The standard InChI is InChI=1S/C13H17BrN4O3/c1-18(7-9-6-15-4-5-19-9)8-12-16-17-13(21-12)10-2-3-11(14)20-10/h2-3,9,15H,4-8H2,1H3. The molecule has 0 radical (unpaired) electrons. The molecule has 1 fully saturated rings. The molecule has 3 rings (SSSR count). The van der Waals surface area contributed by atoms with Gasteiger partial charge in [0.25, 0.3) is 5.89 Å². The molecule has 1 aliphatic heterocycles. The van der Waals surface area contributed by atoms with Crippen molar-refractivity contribution in [3.05, 3.63) is 22.7 Å². The number of nitrogens with zero attached hydrogens (tertiary/aromatic N) is 3. The van der Waals surface area contributed by atoms with E-state index in [2.05, 4.69) is 36.3 Å². The zero-order valence-electron chi connectivity index (χ0n) is 11.7. The van der Waals surface area contributed by atoms with Crippen LogP contribution in [-0.2, 0) is 11.3 Å². The lowest BCUT2D eigenvalue weighted by Gasteiger charge is -2.27. The molecule has 21 heavy (non-hydrogen) atoms. The molecule has 0 amide bonds. The lowest BCUT2D eigenvalue weighted by Crippen LogP contribution is -2.44. The predicted octanol–water partition coefficient (Wildman–Crippen LogP) is 1.51. The molecular formula is C13H17BrN4O3. The molecule has 1 N–H and O–H groups in total. The fourth-order valence-corrected chi connectivity index (χ4v) is 2.53. The third kappa shape index (κ3) is 3.91. The van der Waals surface area contributed by atoms with Crippen molar-refractivity contribution in [2.24, 2.45) is 0 Å². The quantitative estimate of drug-likeness (QED) is 0.869. The highest BCUT2D eigenvalue weighted by Gasteiger charge is 2.18. The predicted molar refractivity (Wildman–Crippen MR) is 78.6 cm³/mol. The number of rotatable bonds is 5. The molecule has 0 bridgehead atoms. The first kappa shape index (κ1) is 14.7. The van der Waals surface area contributed by atoms with Gasteiger partial charge in [-0.05, 0) is 35.1 Å². The molecule has 1 aliphatic rings. The topological polar surface area (TPSA) is 76.6 Å². The maximum absolute atomic E-state index is 5.67. The van der Waals surface area contributed by atoms with Crippen molar-refractivity contribution >= 4 is 15.9 Å². The first-order valence-corrected chi connectivity index (χ1v) is 7.59. The van der Waals surface area contributed by atoms with E-state index < -0.39 is 0 Å². The van der Waals surface area contributed by atoms with Crippen LogP contribution in [0.15, 0.2) is 25.6 Å². The van der Waals surface area contributed by atoms with Crippen molar-refractivity contribution in [3.8, 4) is 11.7 Å². The van der Waals surface area contributed by atoms with Gasteiger partial charge in [0.05, 0.1) is 19.3 Å². The highest BCUT2D eigenvalue weighted by Crippen LogP contribution is 2.23. The minimum atomic E-state index is 0.201. The summed E-state index contributed by atoms with van der Waals surface area (Å²) < 4.78 is 17.3. The summed E-state index contributed by atoms with van der Waals surface area (Å²) in [5, 5.41) is 11.4. The van der Waals surface area contributed by atoms with E-state index in [0.29, 0.717) is 28.8 Å². The molecule has 1 saturated heterocycles. The Morgan fingerprint density at radius 1 is 1.38 bits per heavy atom.